The van der Waals surface area contributed by atoms with Crippen LogP contribution in [0.25, 0.3) is 0 Å². The van der Waals surface area contributed by atoms with Gasteiger partial charge in [0.2, 0.25) is 5.91 Å². The lowest BCUT2D eigenvalue weighted by atomic mass is 9.85. The standard InChI is InChI=1S/C11H20N2O2S/c1-8(15-2)7-13-10(14)11(9(12)16)5-3-4-6-11/h8H,3-7H2,1-2H3,(H2,12,16)(H,13,14). The number of carbonyl (C=O) groups excluding carboxylic acids is 1. The molecule has 1 saturated carbocycles. The molecule has 1 amide bonds. The molecule has 3 N–H and O–H groups in total. The van der Waals surface area contributed by atoms with Crippen LogP contribution in [0.15, 0.2) is 0 Å². The average Bonchev–Trinajstić information content (AvgIpc) is 2.75. The molecular formula is C11H20N2O2S. The van der Waals surface area contributed by atoms with E-state index < -0.39 is 5.41 Å². The fourth-order valence-corrected chi connectivity index (χ4v) is 2.35. The number of ether oxygens (including phenoxy) is 1. The van der Waals surface area contributed by atoms with Gasteiger partial charge in [-0.15, -0.1) is 0 Å². The number of methoxy groups -OCH3 is 1. The third-order valence-corrected chi connectivity index (χ3v) is 3.71. The van der Waals surface area contributed by atoms with Crippen molar-refractivity contribution in [3.05, 3.63) is 0 Å². The van der Waals surface area contributed by atoms with Crippen molar-refractivity contribution in [2.45, 2.75) is 38.7 Å². The molecule has 1 unspecified atom stereocenters. The van der Waals surface area contributed by atoms with Crippen LogP contribution in [0.3, 0.4) is 0 Å². The minimum absolute atomic E-state index is 0.00810. The van der Waals surface area contributed by atoms with Crippen LogP contribution in [0.1, 0.15) is 32.6 Å². The van der Waals surface area contributed by atoms with Crippen molar-refractivity contribution in [1.29, 1.82) is 0 Å². The lowest BCUT2D eigenvalue weighted by Crippen LogP contribution is -2.48. The topological polar surface area (TPSA) is 64.3 Å². The lowest BCUT2D eigenvalue weighted by Gasteiger charge is -2.26. The molecule has 0 bridgehead atoms. The molecule has 0 saturated heterocycles. The number of carbonyl (C=O) groups is 1. The van der Waals surface area contributed by atoms with Crippen LogP contribution in [0.2, 0.25) is 0 Å². The van der Waals surface area contributed by atoms with Crippen LogP contribution in [-0.2, 0) is 9.53 Å². The summed E-state index contributed by atoms with van der Waals surface area (Å²) >= 11 is 5.04. The molecule has 16 heavy (non-hydrogen) atoms. The Hall–Kier alpha value is -0.680. The Kier molecular flexibility index (Phi) is 4.68. The largest absolute Gasteiger partial charge is 0.392 e. The number of hydrogen-bond acceptors (Lipinski definition) is 3. The monoisotopic (exact) mass is 244 g/mol. The highest BCUT2D eigenvalue weighted by Crippen LogP contribution is 2.38. The Balaban J connectivity index is 2.59. The molecule has 0 aliphatic heterocycles. The molecule has 0 aromatic carbocycles. The van der Waals surface area contributed by atoms with Gasteiger partial charge in [0.1, 0.15) is 0 Å². The molecule has 1 aliphatic carbocycles. The molecule has 4 nitrogen and oxygen atoms in total. The Labute approximate surface area is 102 Å². The summed E-state index contributed by atoms with van der Waals surface area (Å²) in [7, 11) is 1.62. The first kappa shape index (κ1) is 13.4. The second-order valence-corrected chi connectivity index (χ2v) is 4.85. The van der Waals surface area contributed by atoms with Gasteiger partial charge in [-0.3, -0.25) is 4.79 Å². The molecule has 0 aromatic heterocycles. The van der Waals surface area contributed by atoms with E-state index >= 15 is 0 Å². The Morgan fingerprint density at radius 2 is 2.12 bits per heavy atom. The van der Waals surface area contributed by atoms with Crippen molar-refractivity contribution in [3.8, 4) is 0 Å². The fourth-order valence-electron chi connectivity index (χ4n) is 2.05. The van der Waals surface area contributed by atoms with E-state index in [-0.39, 0.29) is 12.0 Å². The lowest BCUT2D eigenvalue weighted by molar-refractivity contribution is -0.127. The summed E-state index contributed by atoms with van der Waals surface area (Å²) < 4.78 is 5.08. The minimum Gasteiger partial charge on any atom is -0.392 e. The third-order valence-electron chi connectivity index (χ3n) is 3.32. The molecule has 1 fully saturated rings. The average molecular weight is 244 g/mol. The zero-order valence-corrected chi connectivity index (χ0v) is 10.7. The Bertz CT molecular complexity index is 275. The van der Waals surface area contributed by atoms with Gasteiger partial charge in [0, 0.05) is 13.7 Å². The van der Waals surface area contributed by atoms with E-state index in [2.05, 4.69) is 5.32 Å². The van der Waals surface area contributed by atoms with Crippen molar-refractivity contribution in [1.82, 2.24) is 5.32 Å². The van der Waals surface area contributed by atoms with Gasteiger partial charge >= 0.3 is 0 Å². The molecule has 0 aromatic rings. The molecule has 1 rings (SSSR count). The van der Waals surface area contributed by atoms with Gasteiger partial charge in [0.05, 0.1) is 16.5 Å². The van der Waals surface area contributed by atoms with E-state index in [9.17, 15) is 4.79 Å². The Morgan fingerprint density at radius 1 is 1.56 bits per heavy atom. The van der Waals surface area contributed by atoms with E-state index in [0.29, 0.717) is 11.5 Å². The second-order valence-electron chi connectivity index (χ2n) is 4.41. The third kappa shape index (κ3) is 2.71. The molecule has 0 spiro atoms. The van der Waals surface area contributed by atoms with Gasteiger partial charge in [0.15, 0.2) is 0 Å². The zero-order valence-electron chi connectivity index (χ0n) is 9.91. The Morgan fingerprint density at radius 3 is 2.56 bits per heavy atom. The summed E-state index contributed by atoms with van der Waals surface area (Å²) in [6.45, 7) is 2.40. The normalized spacial score (nSPS) is 20.4. The van der Waals surface area contributed by atoms with Crippen LogP contribution in [0, 0.1) is 5.41 Å². The molecule has 92 valence electrons. The van der Waals surface area contributed by atoms with E-state index in [4.69, 9.17) is 22.7 Å². The van der Waals surface area contributed by atoms with Crippen molar-refractivity contribution < 1.29 is 9.53 Å². The SMILES string of the molecule is COC(C)CNC(=O)C1(C(N)=S)CCCC1. The molecule has 5 heteroatoms. The second kappa shape index (κ2) is 5.59. The quantitative estimate of drug-likeness (QED) is 0.708. The number of nitrogens with two attached hydrogens (primary N) is 1. The predicted molar refractivity (Wildman–Crippen MR) is 67.2 cm³/mol. The van der Waals surface area contributed by atoms with Crippen LogP contribution >= 0.6 is 12.2 Å². The highest BCUT2D eigenvalue weighted by Gasteiger charge is 2.43. The highest BCUT2D eigenvalue weighted by atomic mass is 32.1. The van der Waals surface area contributed by atoms with Gasteiger partial charge in [-0.25, -0.2) is 0 Å². The van der Waals surface area contributed by atoms with Crippen molar-refractivity contribution in [2.75, 3.05) is 13.7 Å². The summed E-state index contributed by atoms with van der Waals surface area (Å²) in [4.78, 5) is 12.4. The number of hydrogen-bond donors (Lipinski definition) is 2. The van der Waals surface area contributed by atoms with Crippen molar-refractivity contribution in [3.63, 3.8) is 0 Å². The number of nitrogens with one attached hydrogen (secondary N) is 1. The maximum Gasteiger partial charge on any atom is 0.233 e. The van der Waals surface area contributed by atoms with E-state index in [1.165, 1.54) is 0 Å². The summed E-state index contributed by atoms with van der Waals surface area (Å²) in [6.07, 6.45) is 3.59. The first-order valence-electron chi connectivity index (χ1n) is 5.64. The van der Waals surface area contributed by atoms with Gasteiger partial charge in [-0.05, 0) is 19.8 Å². The highest BCUT2D eigenvalue weighted by molar-refractivity contribution is 7.80. The first-order valence-corrected chi connectivity index (χ1v) is 6.05. The van der Waals surface area contributed by atoms with Crippen molar-refractivity contribution >= 4 is 23.1 Å². The first-order chi connectivity index (χ1) is 7.53. The van der Waals surface area contributed by atoms with Gasteiger partial charge < -0.3 is 15.8 Å². The van der Waals surface area contributed by atoms with E-state index in [0.717, 1.165) is 25.7 Å². The fraction of sp³-hybridized carbons (Fsp3) is 0.818. The summed E-state index contributed by atoms with van der Waals surface area (Å²) in [5.74, 6) is -0.0404. The molecular weight excluding hydrogens is 224 g/mol. The smallest absolute Gasteiger partial charge is 0.233 e. The number of amides is 1. The summed E-state index contributed by atoms with van der Waals surface area (Å²) in [5.41, 5.74) is 5.10. The maximum atomic E-state index is 12.1. The van der Waals surface area contributed by atoms with Gasteiger partial charge in [-0.2, -0.15) is 0 Å². The molecule has 1 atom stereocenters. The zero-order chi connectivity index (χ0) is 12.2. The van der Waals surface area contributed by atoms with Gasteiger partial charge in [0.25, 0.3) is 0 Å². The van der Waals surface area contributed by atoms with E-state index in [1.807, 2.05) is 6.92 Å². The van der Waals surface area contributed by atoms with Crippen LogP contribution in [0.5, 0.6) is 0 Å². The van der Waals surface area contributed by atoms with Crippen LogP contribution < -0.4 is 11.1 Å². The van der Waals surface area contributed by atoms with Gasteiger partial charge in [-0.1, -0.05) is 25.1 Å². The molecule has 0 radical (unpaired) electrons. The van der Waals surface area contributed by atoms with Crippen LogP contribution in [0.4, 0.5) is 0 Å². The molecule has 0 heterocycles. The number of rotatable bonds is 5. The maximum absolute atomic E-state index is 12.1. The molecule has 1 aliphatic rings. The predicted octanol–water partition coefficient (Wildman–Crippen LogP) is 0.984. The van der Waals surface area contributed by atoms with E-state index in [1.54, 1.807) is 7.11 Å². The summed E-state index contributed by atoms with van der Waals surface area (Å²) in [5, 5.41) is 2.87. The summed E-state index contributed by atoms with van der Waals surface area (Å²) in [6, 6.07) is 0. The minimum atomic E-state index is -0.608. The van der Waals surface area contributed by atoms with Crippen LogP contribution in [-0.4, -0.2) is 30.7 Å². The van der Waals surface area contributed by atoms with Crippen molar-refractivity contribution in [2.24, 2.45) is 11.1 Å². The number of thiocarbonyl (C=S) groups is 1.